The molecule has 0 radical (unpaired) electrons. The number of halogens is 2. The Morgan fingerprint density at radius 3 is 1.07 bits per heavy atom. The summed E-state index contributed by atoms with van der Waals surface area (Å²) in [6.45, 7) is 13.6. The van der Waals surface area contributed by atoms with Crippen LogP contribution in [0.2, 0.25) is 0 Å². The fourth-order valence-electron chi connectivity index (χ4n) is 11.1. The number of fused-ring (bicyclic) bond motifs is 12. The van der Waals surface area contributed by atoms with Crippen LogP contribution in [0.4, 0.5) is 42.9 Å². The van der Waals surface area contributed by atoms with Crippen LogP contribution in [0.15, 0.2) is 182 Å². The summed E-state index contributed by atoms with van der Waals surface area (Å²) >= 11 is 0. The topological polar surface area (TPSA) is 15.3 Å². The molecule has 0 N–H and O–H groups in total. The maximum absolute atomic E-state index is 14.6. The van der Waals surface area contributed by atoms with Crippen molar-refractivity contribution >= 4 is 110 Å². The van der Waals surface area contributed by atoms with Crippen LogP contribution in [0.3, 0.4) is 0 Å². The zero-order valence-corrected chi connectivity index (χ0v) is 38.9. The average Bonchev–Trinajstić information content (AvgIpc) is 4.06. The van der Waals surface area contributed by atoms with Gasteiger partial charge in [0.15, 0.2) is 0 Å². The molecule has 68 heavy (non-hydrogen) atoms. The van der Waals surface area contributed by atoms with E-state index < -0.39 is 0 Å². The molecule has 0 saturated carbocycles. The summed E-state index contributed by atoms with van der Waals surface area (Å²) < 4.78 is 34.1. The summed E-state index contributed by atoms with van der Waals surface area (Å²) in [6, 6.07) is 62.3. The van der Waals surface area contributed by atoms with Gasteiger partial charge in [0.1, 0.15) is 11.6 Å². The molecule has 0 aliphatic rings. The van der Waals surface area contributed by atoms with Crippen LogP contribution in [0.5, 0.6) is 0 Å². The van der Waals surface area contributed by atoms with Gasteiger partial charge in [-0.1, -0.05) is 102 Å². The molecule has 4 heterocycles. The molecule has 330 valence electrons. The number of para-hydroxylation sites is 2. The molecular weight excluding hydrogens is 839 g/mol. The van der Waals surface area contributed by atoms with Gasteiger partial charge in [-0.25, -0.2) is 8.78 Å². The average molecular weight is 887 g/mol. The summed E-state index contributed by atoms with van der Waals surface area (Å²) in [5.74, 6) is -0.534. The molecule has 0 saturated heterocycles. The normalized spacial score (nSPS) is 12.7. The standard InChI is InChI=1S/C62H48F2N4/c1-61(2,3)37-17-29-51-49(33-37)57-53(65(41-13-9-7-10-14-41)43-23-19-39(63)20-24-43)31-27-45-47-36-56-48(35-55(47)67(51)59(45)57)46-28-32-54(66(42-15-11-8-12-16-42)44-25-21-40(64)22-26-44)58-50-34-38(62(4,5)6)18-30-52(50)68(56)60(46)58/h7-36H,1-6H3. The summed E-state index contributed by atoms with van der Waals surface area (Å²) in [7, 11) is 0. The van der Waals surface area contributed by atoms with Gasteiger partial charge in [0.2, 0.25) is 0 Å². The minimum absolute atomic E-state index is 0.0759. The molecule has 0 spiro atoms. The summed E-state index contributed by atoms with van der Waals surface area (Å²) in [6.07, 6.45) is 0. The Bertz CT molecular complexity index is 3830. The van der Waals surface area contributed by atoms with Crippen LogP contribution in [-0.4, -0.2) is 8.80 Å². The lowest BCUT2D eigenvalue weighted by atomic mass is 9.86. The number of hydrogen-bond donors (Lipinski definition) is 0. The van der Waals surface area contributed by atoms with Gasteiger partial charge in [0.05, 0.1) is 44.5 Å². The van der Waals surface area contributed by atoms with Crippen molar-refractivity contribution in [2.24, 2.45) is 0 Å². The van der Waals surface area contributed by atoms with Crippen LogP contribution < -0.4 is 9.80 Å². The molecule has 4 aromatic heterocycles. The molecule has 13 rings (SSSR count). The van der Waals surface area contributed by atoms with Crippen molar-refractivity contribution in [2.45, 2.75) is 52.4 Å². The first-order valence-corrected chi connectivity index (χ1v) is 23.5. The van der Waals surface area contributed by atoms with Crippen LogP contribution in [0.1, 0.15) is 52.7 Å². The molecule has 0 amide bonds. The lowest BCUT2D eigenvalue weighted by Crippen LogP contribution is -2.11. The predicted molar refractivity (Wildman–Crippen MR) is 282 cm³/mol. The van der Waals surface area contributed by atoms with Crippen molar-refractivity contribution in [3.8, 4) is 0 Å². The highest BCUT2D eigenvalue weighted by atomic mass is 19.1. The van der Waals surface area contributed by atoms with Gasteiger partial charge in [-0.3, -0.25) is 0 Å². The highest BCUT2D eigenvalue weighted by Crippen LogP contribution is 2.52. The minimum Gasteiger partial charge on any atom is -0.310 e. The fraction of sp³-hybridized carbons (Fsp3) is 0.129. The van der Waals surface area contributed by atoms with E-state index in [1.807, 2.05) is 36.4 Å². The lowest BCUT2D eigenvalue weighted by molar-refractivity contribution is 0.591. The van der Waals surface area contributed by atoms with Gasteiger partial charge in [0, 0.05) is 65.8 Å². The van der Waals surface area contributed by atoms with Crippen molar-refractivity contribution in [3.05, 3.63) is 205 Å². The second kappa shape index (κ2) is 14.3. The number of rotatable bonds is 6. The number of nitrogens with zero attached hydrogens (tertiary/aromatic N) is 4. The molecule has 0 fully saturated rings. The van der Waals surface area contributed by atoms with Gasteiger partial charge >= 0.3 is 0 Å². The Labute approximate surface area is 393 Å². The number of benzene rings is 9. The Hall–Kier alpha value is -7.96. The smallest absolute Gasteiger partial charge is 0.123 e. The van der Waals surface area contributed by atoms with E-state index >= 15 is 0 Å². The first-order chi connectivity index (χ1) is 32.8. The van der Waals surface area contributed by atoms with E-state index in [1.54, 1.807) is 24.3 Å². The Morgan fingerprint density at radius 1 is 0.338 bits per heavy atom. The van der Waals surface area contributed by atoms with Gasteiger partial charge in [-0.2, -0.15) is 0 Å². The van der Waals surface area contributed by atoms with Gasteiger partial charge in [0.25, 0.3) is 0 Å². The van der Waals surface area contributed by atoms with Gasteiger partial charge < -0.3 is 18.6 Å². The molecule has 0 aliphatic carbocycles. The van der Waals surface area contributed by atoms with Crippen molar-refractivity contribution in [2.75, 3.05) is 9.80 Å². The SMILES string of the molecule is CC(C)(C)c1ccc2c(c1)c1c(N(c3ccccc3)c3ccc(F)cc3)ccc3c4cc5c(cc4n2c31)c1ccc(N(c2ccccc2)c2ccc(F)cc2)c2c3cc(C(C)(C)C)ccc3n5c12. The van der Waals surface area contributed by atoms with E-state index in [2.05, 4.69) is 181 Å². The molecular formula is C62H48F2N4. The maximum Gasteiger partial charge on any atom is 0.123 e. The fourth-order valence-corrected chi connectivity index (χ4v) is 11.1. The third-order valence-corrected chi connectivity index (χ3v) is 14.4. The molecule has 4 nitrogen and oxygen atoms in total. The lowest BCUT2D eigenvalue weighted by Gasteiger charge is -2.26. The molecule has 0 atom stereocenters. The minimum atomic E-state index is -0.267. The number of anilines is 6. The van der Waals surface area contributed by atoms with Crippen molar-refractivity contribution in [1.82, 2.24) is 8.80 Å². The molecule has 0 aliphatic heterocycles. The van der Waals surface area contributed by atoms with E-state index in [-0.39, 0.29) is 22.5 Å². The van der Waals surface area contributed by atoms with Crippen molar-refractivity contribution in [3.63, 3.8) is 0 Å². The van der Waals surface area contributed by atoms with E-state index in [1.165, 1.54) is 43.4 Å². The Morgan fingerprint density at radius 2 is 0.706 bits per heavy atom. The first kappa shape index (κ1) is 40.3. The monoisotopic (exact) mass is 886 g/mol. The van der Waals surface area contributed by atoms with Gasteiger partial charge in [-0.15, -0.1) is 0 Å². The third-order valence-electron chi connectivity index (χ3n) is 14.4. The zero-order valence-electron chi connectivity index (χ0n) is 38.9. The quantitative estimate of drug-likeness (QED) is 0.165. The van der Waals surface area contributed by atoms with E-state index in [0.717, 1.165) is 78.0 Å². The highest BCUT2D eigenvalue weighted by Gasteiger charge is 2.29. The Balaban J connectivity index is 1.16. The summed E-state index contributed by atoms with van der Waals surface area (Å²) in [5.41, 5.74) is 15.1. The third kappa shape index (κ3) is 5.83. The van der Waals surface area contributed by atoms with Gasteiger partial charge in [-0.05, 0) is 143 Å². The molecule has 0 bridgehead atoms. The summed E-state index contributed by atoms with van der Waals surface area (Å²) in [4.78, 5) is 4.53. The molecule has 6 heteroatoms. The van der Waals surface area contributed by atoms with Crippen LogP contribution >= 0.6 is 0 Å². The first-order valence-electron chi connectivity index (χ1n) is 23.5. The summed E-state index contributed by atoms with van der Waals surface area (Å²) in [5, 5.41) is 9.37. The van der Waals surface area contributed by atoms with E-state index in [0.29, 0.717) is 0 Å². The molecule has 13 aromatic rings. The largest absolute Gasteiger partial charge is 0.310 e. The van der Waals surface area contributed by atoms with E-state index in [9.17, 15) is 8.78 Å². The highest BCUT2D eigenvalue weighted by molar-refractivity contribution is 6.32. The van der Waals surface area contributed by atoms with Crippen LogP contribution in [0.25, 0.3) is 76.2 Å². The zero-order chi connectivity index (χ0) is 46.4. The van der Waals surface area contributed by atoms with Crippen LogP contribution in [0, 0.1) is 11.6 Å². The maximum atomic E-state index is 14.6. The van der Waals surface area contributed by atoms with Crippen molar-refractivity contribution in [1.29, 1.82) is 0 Å². The number of hydrogen-bond acceptors (Lipinski definition) is 2. The predicted octanol–water partition coefficient (Wildman–Crippen LogP) is 17.8. The van der Waals surface area contributed by atoms with Crippen LogP contribution in [-0.2, 0) is 10.8 Å². The second-order valence-corrected chi connectivity index (χ2v) is 20.5. The Kier molecular flexibility index (Phi) is 8.46. The molecule has 0 unspecified atom stereocenters. The van der Waals surface area contributed by atoms with Crippen molar-refractivity contribution < 1.29 is 8.78 Å². The number of aromatic nitrogens is 2. The van der Waals surface area contributed by atoms with E-state index in [4.69, 9.17) is 0 Å². The second-order valence-electron chi connectivity index (χ2n) is 20.5. The molecule has 9 aromatic carbocycles.